The molecule has 0 saturated carbocycles. The average molecular weight is 180 g/mol. The van der Waals surface area contributed by atoms with Gasteiger partial charge in [0.2, 0.25) is 0 Å². The zero-order valence-corrected chi connectivity index (χ0v) is 7.39. The van der Waals surface area contributed by atoms with Crippen molar-refractivity contribution < 1.29 is 4.39 Å². The molecule has 0 amide bonds. The zero-order chi connectivity index (χ0) is 9.26. The smallest absolute Gasteiger partial charge is 0.125 e. The fourth-order valence-corrected chi connectivity index (χ4v) is 1.81. The van der Waals surface area contributed by atoms with Crippen LogP contribution >= 0.6 is 0 Å². The number of hydrogen-bond acceptors (Lipinski definition) is 2. The Morgan fingerprint density at radius 3 is 2.92 bits per heavy atom. The lowest BCUT2D eigenvalue weighted by Crippen LogP contribution is -2.14. The lowest BCUT2D eigenvalue weighted by Gasteiger charge is -2.12. The molecule has 3 N–H and O–H groups in total. The van der Waals surface area contributed by atoms with Gasteiger partial charge >= 0.3 is 0 Å². The maximum Gasteiger partial charge on any atom is 0.125 e. The molecule has 1 heterocycles. The Balaban J connectivity index is 2.29. The second-order valence-electron chi connectivity index (χ2n) is 3.42. The predicted octanol–water partition coefficient (Wildman–Crippen LogP) is 1.83. The van der Waals surface area contributed by atoms with E-state index in [1.807, 2.05) is 0 Å². The first kappa shape index (κ1) is 8.51. The van der Waals surface area contributed by atoms with Crippen LogP contribution in [0.3, 0.4) is 0 Å². The van der Waals surface area contributed by atoms with E-state index in [-0.39, 0.29) is 5.82 Å². The first-order chi connectivity index (χ1) is 6.27. The third kappa shape index (κ3) is 1.65. The summed E-state index contributed by atoms with van der Waals surface area (Å²) in [6.07, 6.45) is 2.26. The Kier molecular flexibility index (Phi) is 2.19. The molecule has 0 spiro atoms. The molecule has 1 fully saturated rings. The van der Waals surface area contributed by atoms with Crippen molar-refractivity contribution in [1.82, 2.24) is 5.32 Å². The second kappa shape index (κ2) is 3.34. The van der Waals surface area contributed by atoms with Crippen molar-refractivity contribution in [1.29, 1.82) is 0 Å². The van der Waals surface area contributed by atoms with Crippen LogP contribution in [0.15, 0.2) is 18.2 Å². The third-order valence-corrected chi connectivity index (χ3v) is 2.48. The number of hydrogen-bond donors (Lipinski definition) is 2. The fourth-order valence-electron chi connectivity index (χ4n) is 1.81. The molecule has 1 atom stereocenters. The summed E-state index contributed by atoms with van der Waals surface area (Å²) in [4.78, 5) is 0. The Hall–Kier alpha value is -1.09. The van der Waals surface area contributed by atoms with Crippen LogP contribution in [0.25, 0.3) is 0 Å². The van der Waals surface area contributed by atoms with Gasteiger partial charge in [0.25, 0.3) is 0 Å². The van der Waals surface area contributed by atoms with Crippen LogP contribution in [0.4, 0.5) is 10.1 Å². The maximum atomic E-state index is 12.7. The molecule has 2 nitrogen and oxygen atoms in total. The number of nitrogens with two attached hydrogens (primary N) is 1. The molecule has 1 aromatic carbocycles. The topological polar surface area (TPSA) is 38.0 Å². The monoisotopic (exact) mass is 180 g/mol. The van der Waals surface area contributed by atoms with E-state index >= 15 is 0 Å². The summed E-state index contributed by atoms with van der Waals surface area (Å²) in [5, 5.41) is 3.33. The minimum Gasteiger partial charge on any atom is -0.398 e. The zero-order valence-electron chi connectivity index (χ0n) is 7.39. The molecule has 3 heteroatoms. The van der Waals surface area contributed by atoms with Crippen molar-refractivity contribution in [3.8, 4) is 0 Å². The predicted molar refractivity (Wildman–Crippen MR) is 50.8 cm³/mol. The Morgan fingerprint density at radius 1 is 1.46 bits per heavy atom. The number of benzene rings is 1. The van der Waals surface area contributed by atoms with Crippen molar-refractivity contribution in [3.63, 3.8) is 0 Å². The van der Waals surface area contributed by atoms with Crippen molar-refractivity contribution >= 4 is 5.69 Å². The summed E-state index contributed by atoms with van der Waals surface area (Å²) in [5.74, 6) is -0.265. The third-order valence-electron chi connectivity index (χ3n) is 2.48. The standard InChI is InChI=1S/C10H13FN2/c11-7-3-4-8(9(12)6-7)10-2-1-5-13-10/h3-4,6,10,13H,1-2,5,12H2/t10-/m1/s1. The maximum absolute atomic E-state index is 12.7. The van der Waals surface area contributed by atoms with E-state index in [1.54, 1.807) is 6.07 Å². The number of nitrogens with one attached hydrogen (secondary N) is 1. The van der Waals surface area contributed by atoms with Crippen molar-refractivity contribution in [2.24, 2.45) is 0 Å². The van der Waals surface area contributed by atoms with Crippen LogP contribution in [-0.4, -0.2) is 6.54 Å². The number of anilines is 1. The van der Waals surface area contributed by atoms with E-state index in [1.165, 1.54) is 18.6 Å². The molecular formula is C10H13FN2. The van der Waals surface area contributed by atoms with Gasteiger partial charge in [0, 0.05) is 11.7 Å². The van der Waals surface area contributed by atoms with Gasteiger partial charge in [-0.2, -0.15) is 0 Å². The molecule has 2 rings (SSSR count). The highest BCUT2D eigenvalue weighted by molar-refractivity contribution is 5.48. The molecule has 0 aromatic heterocycles. The molecule has 13 heavy (non-hydrogen) atoms. The quantitative estimate of drug-likeness (QED) is 0.647. The van der Waals surface area contributed by atoms with Crippen LogP contribution in [0.2, 0.25) is 0 Å². The minimum absolute atomic E-state index is 0.265. The van der Waals surface area contributed by atoms with E-state index < -0.39 is 0 Å². The molecule has 1 aromatic rings. The molecule has 70 valence electrons. The number of nitrogen functional groups attached to an aromatic ring is 1. The molecular weight excluding hydrogens is 167 g/mol. The van der Waals surface area contributed by atoms with Gasteiger partial charge in [-0.3, -0.25) is 0 Å². The number of rotatable bonds is 1. The average Bonchev–Trinajstić information content (AvgIpc) is 2.56. The van der Waals surface area contributed by atoms with E-state index in [4.69, 9.17) is 5.73 Å². The van der Waals surface area contributed by atoms with Crippen molar-refractivity contribution in [3.05, 3.63) is 29.6 Å². The summed E-state index contributed by atoms with van der Waals surface area (Å²) < 4.78 is 12.7. The van der Waals surface area contributed by atoms with Crippen LogP contribution in [0, 0.1) is 5.82 Å². The van der Waals surface area contributed by atoms with Gasteiger partial charge in [-0.25, -0.2) is 4.39 Å². The van der Waals surface area contributed by atoms with Gasteiger partial charge < -0.3 is 11.1 Å². The molecule has 0 bridgehead atoms. The van der Waals surface area contributed by atoms with Gasteiger partial charge in [-0.15, -0.1) is 0 Å². The normalized spacial score (nSPS) is 22.1. The summed E-state index contributed by atoms with van der Waals surface area (Å²) in [5.41, 5.74) is 7.30. The first-order valence-electron chi connectivity index (χ1n) is 4.55. The van der Waals surface area contributed by atoms with Crippen molar-refractivity contribution in [2.45, 2.75) is 18.9 Å². The van der Waals surface area contributed by atoms with Gasteiger partial charge in [0.05, 0.1) is 0 Å². The molecule has 0 unspecified atom stereocenters. The first-order valence-corrected chi connectivity index (χ1v) is 4.55. The highest BCUT2D eigenvalue weighted by Crippen LogP contribution is 2.27. The van der Waals surface area contributed by atoms with E-state index in [2.05, 4.69) is 5.32 Å². The highest BCUT2D eigenvalue weighted by atomic mass is 19.1. The number of halogens is 1. The van der Waals surface area contributed by atoms with Gasteiger partial charge in [0.15, 0.2) is 0 Å². The lowest BCUT2D eigenvalue weighted by atomic mass is 10.0. The highest BCUT2D eigenvalue weighted by Gasteiger charge is 2.18. The summed E-state index contributed by atoms with van der Waals surface area (Å²) in [6.45, 7) is 1.03. The van der Waals surface area contributed by atoms with E-state index in [0.29, 0.717) is 11.7 Å². The molecule has 1 aliphatic heterocycles. The Morgan fingerprint density at radius 2 is 2.31 bits per heavy atom. The van der Waals surface area contributed by atoms with Crippen molar-refractivity contribution in [2.75, 3.05) is 12.3 Å². The summed E-state index contributed by atoms with van der Waals surface area (Å²) in [7, 11) is 0. The van der Waals surface area contributed by atoms with Crippen LogP contribution in [-0.2, 0) is 0 Å². The van der Waals surface area contributed by atoms with Gasteiger partial charge in [-0.1, -0.05) is 6.07 Å². The lowest BCUT2D eigenvalue weighted by molar-refractivity contribution is 0.619. The largest absolute Gasteiger partial charge is 0.398 e. The second-order valence-corrected chi connectivity index (χ2v) is 3.42. The van der Waals surface area contributed by atoms with Crippen LogP contribution in [0.5, 0.6) is 0 Å². The van der Waals surface area contributed by atoms with E-state index in [0.717, 1.165) is 18.5 Å². The fraction of sp³-hybridized carbons (Fsp3) is 0.400. The van der Waals surface area contributed by atoms with Crippen LogP contribution < -0.4 is 11.1 Å². The molecule has 0 radical (unpaired) electrons. The summed E-state index contributed by atoms with van der Waals surface area (Å²) >= 11 is 0. The van der Waals surface area contributed by atoms with Gasteiger partial charge in [0.1, 0.15) is 5.82 Å². The summed E-state index contributed by atoms with van der Waals surface area (Å²) in [6, 6.07) is 4.94. The molecule has 1 saturated heterocycles. The Bertz CT molecular complexity index is 306. The Labute approximate surface area is 76.9 Å². The van der Waals surface area contributed by atoms with E-state index in [9.17, 15) is 4.39 Å². The van der Waals surface area contributed by atoms with Gasteiger partial charge in [-0.05, 0) is 37.1 Å². The SMILES string of the molecule is Nc1cc(F)ccc1[C@H]1CCCN1. The molecule has 1 aliphatic rings. The van der Waals surface area contributed by atoms with Crippen LogP contribution in [0.1, 0.15) is 24.4 Å². The molecule has 0 aliphatic carbocycles. The minimum atomic E-state index is -0.265.